The Bertz CT molecular complexity index is 986. The first kappa shape index (κ1) is 20.4. The Morgan fingerprint density at radius 3 is 2.62 bits per heavy atom. The number of non-ortho nitro benzene ring substituents is 1. The van der Waals surface area contributed by atoms with Crippen LogP contribution in [0, 0.1) is 15.9 Å². The summed E-state index contributed by atoms with van der Waals surface area (Å²) in [5.74, 6) is -0.697. The van der Waals surface area contributed by atoms with Gasteiger partial charge in [-0.05, 0) is 56.0 Å². The van der Waals surface area contributed by atoms with E-state index >= 15 is 0 Å². The minimum absolute atomic E-state index is 0.0623. The molecule has 8 heteroatoms. The van der Waals surface area contributed by atoms with Crippen LogP contribution in [0.1, 0.15) is 54.6 Å². The summed E-state index contributed by atoms with van der Waals surface area (Å²) in [7, 11) is 1.96. The van der Waals surface area contributed by atoms with Crippen molar-refractivity contribution in [2.45, 2.75) is 38.6 Å². The molecule has 0 fully saturated rings. The normalized spacial score (nSPS) is 17.8. The van der Waals surface area contributed by atoms with E-state index in [0.29, 0.717) is 0 Å². The van der Waals surface area contributed by atoms with Crippen LogP contribution >= 0.6 is 0 Å². The van der Waals surface area contributed by atoms with E-state index in [1.54, 1.807) is 6.07 Å². The SMILES string of the molecule is CC1CC(C)(C)N(C)c2cc(F)c(/C=N\NC(=O)c3ccc([N+](=O)[O-])cc3)cc21. The molecule has 1 aliphatic heterocycles. The summed E-state index contributed by atoms with van der Waals surface area (Å²) in [4.78, 5) is 24.3. The van der Waals surface area contributed by atoms with Crippen molar-refractivity contribution >= 4 is 23.5 Å². The number of amides is 1. The number of nitrogens with zero attached hydrogens (tertiary/aromatic N) is 3. The number of hydrogen-bond acceptors (Lipinski definition) is 5. The molecule has 0 radical (unpaired) electrons. The molecule has 2 aromatic carbocycles. The molecule has 1 heterocycles. The molecule has 1 atom stereocenters. The minimum Gasteiger partial charge on any atom is -0.369 e. The van der Waals surface area contributed by atoms with Gasteiger partial charge < -0.3 is 4.90 Å². The van der Waals surface area contributed by atoms with E-state index in [0.717, 1.165) is 17.7 Å². The number of hydrogen-bond donors (Lipinski definition) is 1. The van der Waals surface area contributed by atoms with Crippen LogP contribution in [0.15, 0.2) is 41.5 Å². The van der Waals surface area contributed by atoms with Crippen molar-refractivity contribution in [3.8, 4) is 0 Å². The first-order valence-electron chi connectivity index (χ1n) is 9.25. The zero-order valence-electron chi connectivity index (χ0n) is 16.8. The highest BCUT2D eigenvalue weighted by atomic mass is 19.1. The third kappa shape index (κ3) is 4.11. The molecule has 0 spiro atoms. The van der Waals surface area contributed by atoms with Gasteiger partial charge in [-0.25, -0.2) is 9.82 Å². The monoisotopic (exact) mass is 398 g/mol. The van der Waals surface area contributed by atoms with Crippen LogP contribution < -0.4 is 10.3 Å². The second kappa shape index (κ2) is 7.62. The van der Waals surface area contributed by atoms with Crippen molar-refractivity contribution in [1.82, 2.24) is 5.43 Å². The third-order valence-electron chi connectivity index (χ3n) is 5.46. The summed E-state index contributed by atoms with van der Waals surface area (Å²) < 4.78 is 14.6. The topological polar surface area (TPSA) is 87.8 Å². The molecule has 0 saturated heterocycles. The Balaban J connectivity index is 1.77. The molecule has 1 N–H and O–H groups in total. The van der Waals surface area contributed by atoms with E-state index in [9.17, 15) is 19.3 Å². The van der Waals surface area contributed by atoms with Crippen molar-refractivity contribution in [3.63, 3.8) is 0 Å². The quantitative estimate of drug-likeness (QED) is 0.474. The highest BCUT2D eigenvalue weighted by Gasteiger charge is 2.34. The molecule has 0 saturated carbocycles. The number of halogens is 1. The maximum absolute atomic E-state index is 14.6. The summed E-state index contributed by atoms with van der Waals surface area (Å²) in [5.41, 5.74) is 4.55. The highest BCUT2D eigenvalue weighted by Crippen LogP contribution is 2.43. The summed E-state index contributed by atoms with van der Waals surface area (Å²) in [6, 6.07) is 8.42. The Morgan fingerprint density at radius 1 is 1.34 bits per heavy atom. The number of carbonyl (C=O) groups excluding carboxylic acids is 1. The van der Waals surface area contributed by atoms with Gasteiger partial charge in [0.1, 0.15) is 5.82 Å². The van der Waals surface area contributed by atoms with Gasteiger partial charge in [0.2, 0.25) is 0 Å². The van der Waals surface area contributed by atoms with E-state index < -0.39 is 16.6 Å². The number of carbonyl (C=O) groups is 1. The number of hydrazone groups is 1. The van der Waals surface area contributed by atoms with Gasteiger partial charge in [-0.2, -0.15) is 5.10 Å². The van der Waals surface area contributed by atoms with Crippen molar-refractivity contribution in [3.05, 3.63) is 69.0 Å². The fraction of sp³-hybridized carbons (Fsp3) is 0.333. The minimum atomic E-state index is -0.543. The fourth-order valence-electron chi connectivity index (χ4n) is 3.66. The van der Waals surface area contributed by atoms with Gasteiger partial charge >= 0.3 is 0 Å². The Morgan fingerprint density at radius 2 is 2.00 bits per heavy atom. The zero-order chi connectivity index (χ0) is 21.3. The van der Waals surface area contributed by atoms with Gasteiger partial charge in [0, 0.05) is 41.5 Å². The van der Waals surface area contributed by atoms with Crippen LogP contribution in [0.25, 0.3) is 0 Å². The van der Waals surface area contributed by atoms with Crippen LogP contribution in [0.4, 0.5) is 15.8 Å². The van der Waals surface area contributed by atoms with Crippen LogP contribution in [0.5, 0.6) is 0 Å². The molecular formula is C21H23FN4O3. The smallest absolute Gasteiger partial charge is 0.271 e. The number of fused-ring (bicyclic) bond motifs is 1. The lowest BCUT2D eigenvalue weighted by molar-refractivity contribution is -0.384. The molecule has 3 rings (SSSR count). The van der Waals surface area contributed by atoms with E-state index in [1.165, 1.54) is 36.5 Å². The van der Waals surface area contributed by atoms with Gasteiger partial charge in [0.25, 0.3) is 11.6 Å². The van der Waals surface area contributed by atoms with Crippen molar-refractivity contribution < 1.29 is 14.1 Å². The molecule has 0 aliphatic carbocycles. The predicted molar refractivity (Wildman–Crippen MR) is 110 cm³/mol. The maximum atomic E-state index is 14.6. The van der Waals surface area contributed by atoms with Crippen LogP contribution in [0.3, 0.4) is 0 Å². The summed E-state index contributed by atoms with van der Waals surface area (Å²) in [6.45, 7) is 6.38. The van der Waals surface area contributed by atoms with E-state index in [4.69, 9.17) is 0 Å². The molecular weight excluding hydrogens is 375 g/mol. The first-order valence-corrected chi connectivity index (χ1v) is 9.25. The molecule has 1 aliphatic rings. The molecule has 0 aromatic heterocycles. The number of anilines is 1. The average Bonchev–Trinajstić information content (AvgIpc) is 2.66. The molecule has 1 amide bonds. The summed E-state index contributed by atoms with van der Waals surface area (Å²) in [5, 5.41) is 14.5. The Labute approximate surface area is 168 Å². The number of nitrogens with one attached hydrogen (secondary N) is 1. The van der Waals surface area contributed by atoms with Gasteiger partial charge in [-0.3, -0.25) is 14.9 Å². The average molecular weight is 398 g/mol. The first-order chi connectivity index (χ1) is 13.6. The van der Waals surface area contributed by atoms with Crippen molar-refractivity contribution in [2.24, 2.45) is 5.10 Å². The lowest BCUT2D eigenvalue weighted by atomic mass is 9.80. The Hall–Kier alpha value is -3.29. The molecule has 152 valence electrons. The van der Waals surface area contributed by atoms with E-state index in [2.05, 4.69) is 36.2 Å². The highest BCUT2D eigenvalue weighted by molar-refractivity contribution is 5.95. The van der Waals surface area contributed by atoms with Gasteiger partial charge in [-0.1, -0.05) is 6.92 Å². The summed E-state index contributed by atoms with van der Waals surface area (Å²) >= 11 is 0. The van der Waals surface area contributed by atoms with Crippen molar-refractivity contribution in [2.75, 3.05) is 11.9 Å². The Kier molecular flexibility index (Phi) is 5.37. The lowest BCUT2D eigenvalue weighted by Gasteiger charge is -2.45. The van der Waals surface area contributed by atoms with Gasteiger partial charge in [-0.15, -0.1) is 0 Å². The van der Waals surface area contributed by atoms with E-state index in [1.807, 2.05) is 7.05 Å². The lowest BCUT2D eigenvalue weighted by Crippen LogP contribution is -2.45. The molecule has 0 bridgehead atoms. The predicted octanol–water partition coefficient (Wildman–Crippen LogP) is 4.22. The fourth-order valence-corrected chi connectivity index (χ4v) is 3.66. The van der Waals surface area contributed by atoms with Gasteiger partial charge in [0.15, 0.2) is 0 Å². The molecule has 7 nitrogen and oxygen atoms in total. The second-order valence-corrected chi connectivity index (χ2v) is 7.91. The molecule has 29 heavy (non-hydrogen) atoms. The molecule has 2 aromatic rings. The molecule has 1 unspecified atom stereocenters. The van der Waals surface area contributed by atoms with Crippen LogP contribution in [0.2, 0.25) is 0 Å². The second-order valence-electron chi connectivity index (χ2n) is 7.91. The van der Waals surface area contributed by atoms with E-state index in [-0.39, 0.29) is 28.3 Å². The maximum Gasteiger partial charge on any atom is 0.271 e. The standard InChI is InChI=1S/C21H23FN4O3/c1-13-11-21(2,3)25(4)19-10-18(22)15(9-17(13)19)12-23-24-20(27)14-5-7-16(8-6-14)26(28)29/h5-10,12-13H,11H2,1-4H3,(H,24,27)/b23-12-. The van der Waals surface area contributed by atoms with Crippen LogP contribution in [-0.2, 0) is 0 Å². The summed E-state index contributed by atoms with van der Waals surface area (Å²) in [6.07, 6.45) is 2.21. The number of benzene rings is 2. The van der Waals surface area contributed by atoms with Gasteiger partial charge in [0.05, 0.1) is 11.1 Å². The largest absolute Gasteiger partial charge is 0.369 e. The number of rotatable bonds is 4. The van der Waals surface area contributed by atoms with Crippen LogP contribution in [-0.4, -0.2) is 29.6 Å². The number of nitro groups is 1. The third-order valence-corrected chi connectivity index (χ3v) is 5.46. The van der Waals surface area contributed by atoms with Crippen molar-refractivity contribution in [1.29, 1.82) is 0 Å². The zero-order valence-corrected chi connectivity index (χ0v) is 16.8. The number of nitro benzene ring substituents is 1.